The molecule has 13 heavy (non-hydrogen) atoms. The largest absolute Gasteiger partial charge is 0.482 e. The minimum Gasteiger partial charge on any atom is -0.482 e. The van der Waals surface area contributed by atoms with Crippen LogP contribution in [0.1, 0.15) is 11.1 Å². The van der Waals surface area contributed by atoms with E-state index in [4.69, 9.17) is 9.84 Å². The van der Waals surface area contributed by atoms with Crippen molar-refractivity contribution in [2.45, 2.75) is 13.8 Å². The quantitative estimate of drug-likeness (QED) is 0.771. The molecule has 1 aromatic rings. The lowest BCUT2D eigenvalue weighted by atomic mass is 10.1. The first kappa shape index (κ1) is 9.58. The van der Waals surface area contributed by atoms with Crippen LogP contribution in [0.3, 0.4) is 0 Å². The molecule has 0 aliphatic carbocycles. The van der Waals surface area contributed by atoms with E-state index in [0.717, 1.165) is 11.1 Å². The monoisotopic (exact) mass is 180 g/mol. The Morgan fingerprint density at radius 2 is 2.15 bits per heavy atom. The van der Waals surface area contributed by atoms with Crippen molar-refractivity contribution < 1.29 is 14.6 Å². The summed E-state index contributed by atoms with van der Waals surface area (Å²) in [5.41, 5.74) is 2.10. The Morgan fingerprint density at radius 1 is 1.46 bits per heavy atom. The van der Waals surface area contributed by atoms with Crippen LogP contribution in [0.5, 0.6) is 5.75 Å². The second-order valence-corrected chi connectivity index (χ2v) is 2.95. The van der Waals surface area contributed by atoms with Gasteiger partial charge in [0, 0.05) is 0 Å². The molecule has 0 saturated heterocycles. The van der Waals surface area contributed by atoms with Crippen LogP contribution in [0, 0.1) is 13.8 Å². The van der Waals surface area contributed by atoms with Crippen LogP contribution >= 0.6 is 0 Å². The van der Waals surface area contributed by atoms with Gasteiger partial charge in [0.25, 0.3) is 0 Å². The maximum atomic E-state index is 10.2. The van der Waals surface area contributed by atoms with E-state index in [1.54, 1.807) is 6.07 Å². The van der Waals surface area contributed by atoms with Gasteiger partial charge in [-0.3, -0.25) is 0 Å². The summed E-state index contributed by atoms with van der Waals surface area (Å²) in [6.45, 7) is 3.59. The SMILES string of the molecule is Cc1ccc(OCC(=O)O)c(C)c1. The Balaban J connectivity index is 2.72. The summed E-state index contributed by atoms with van der Waals surface area (Å²) >= 11 is 0. The first-order valence-electron chi connectivity index (χ1n) is 4.01. The first-order valence-corrected chi connectivity index (χ1v) is 4.01. The third kappa shape index (κ3) is 2.78. The van der Waals surface area contributed by atoms with Gasteiger partial charge in [-0.05, 0) is 25.5 Å². The Morgan fingerprint density at radius 3 is 2.69 bits per heavy atom. The van der Waals surface area contributed by atoms with Gasteiger partial charge in [-0.1, -0.05) is 17.7 Å². The second kappa shape index (κ2) is 3.94. The lowest BCUT2D eigenvalue weighted by molar-refractivity contribution is -0.139. The van der Waals surface area contributed by atoms with Gasteiger partial charge in [0.1, 0.15) is 5.75 Å². The van der Waals surface area contributed by atoms with Crippen molar-refractivity contribution in [3.8, 4) is 5.75 Å². The van der Waals surface area contributed by atoms with E-state index in [-0.39, 0.29) is 6.61 Å². The minimum absolute atomic E-state index is 0.288. The molecule has 0 amide bonds. The van der Waals surface area contributed by atoms with Crippen molar-refractivity contribution in [3.63, 3.8) is 0 Å². The number of ether oxygens (including phenoxy) is 1. The molecule has 3 nitrogen and oxygen atoms in total. The van der Waals surface area contributed by atoms with Gasteiger partial charge in [0.2, 0.25) is 0 Å². The summed E-state index contributed by atoms with van der Waals surface area (Å²) in [5, 5.41) is 8.40. The van der Waals surface area contributed by atoms with Crippen molar-refractivity contribution in [1.29, 1.82) is 0 Å². The zero-order valence-corrected chi connectivity index (χ0v) is 7.70. The number of rotatable bonds is 3. The van der Waals surface area contributed by atoms with E-state index in [1.807, 2.05) is 26.0 Å². The summed E-state index contributed by atoms with van der Waals surface area (Å²) in [4.78, 5) is 10.2. The fourth-order valence-electron chi connectivity index (χ4n) is 1.10. The molecule has 0 unspecified atom stereocenters. The van der Waals surface area contributed by atoms with E-state index in [0.29, 0.717) is 5.75 Å². The first-order chi connectivity index (χ1) is 6.09. The van der Waals surface area contributed by atoms with Crippen LogP contribution in [0.15, 0.2) is 18.2 Å². The number of carboxylic acids is 1. The molecule has 3 heteroatoms. The summed E-state index contributed by atoms with van der Waals surface area (Å²) in [6, 6.07) is 5.63. The van der Waals surface area contributed by atoms with E-state index >= 15 is 0 Å². The second-order valence-electron chi connectivity index (χ2n) is 2.95. The van der Waals surface area contributed by atoms with E-state index in [1.165, 1.54) is 0 Å². The van der Waals surface area contributed by atoms with Crippen molar-refractivity contribution in [3.05, 3.63) is 29.3 Å². The number of benzene rings is 1. The van der Waals surface area contributed by atoms with E-state index in [9.17, 15) is 4.79 Å². The molecule has 0 atom stereocenters. The maximum Gasteiger partial charge on any atom is 0.341 e. The molecule has 0 heterocycles. The molecule has 0 bridgehead atoms. The van der Waals surface area contributed by atoms with Gasteiger partial charge >= 0.3 is 5.97 Å². The fraction of sp³-hybridized carbons (Fsp3) is 0.300. The molecular weight excluding hydrogens is 168 g/mol. The molecule has 1 N–H and O–H groups in total. The highest BCUT2D eigenvalue weighted by Crippen LogP contribution is 2.18. The summed E-state index contributed by atoms with van der Waals surface area (Å²) in [6.07, 6.45) is 0. The van der Waals surface area contributed by atoms with Gasteiger partial charge in [0.05, 0.1) is 0 Å². The molecular formula is C10H12O3. The maximum absolute atomic E-state index is 10.2. The smallest absolute Gasteiger partial charge is 0.341 e. The number of aryl methyl sites for hydroxylation is 2. The number of carboxylic acid groups (broad SMARTS) is 1. The average Bonchev–Trinajstić information content (AvgIpc) is 2.02. The molecule has 0 aromatic heterocycles. The molecule has 0 fully saturated rings. The lowest BCUT2D eigenvalue weighted by Crippen LogP contribution is -2.09. The molecule has 0 spiro atoms. The van der Waals surface area contributed by atoms with E-state index < -0.39 is 5.97 Å². The van der Waals surface area contributed by atoms with Crippen molar-refractivity contribution >= 4 is 5.97 Å². The third-order valence-electron chi connectivity index (χ3n) is 1.68. The van der Waals surface area contributed by atoms with Gasteiger partial charge in [-0.2, -0.15) is 0 Å². The molecule has 0 radical (unpaired) electrons. The summed E-state index contributed by atoms with van der Waals surface area (Å²) in [7, 11) is 0. The van der Waals surface area contributed by atoms with Gasteiger partial charge in [-0.15, -0.1) is 0 Å². The zero-order valence-electron chi connectivity index (χ0n) is 7.70. The number of hydrogen-bond acceptors (Lipinski definition) is 2. The van der Waals surface area contributed by atoms with Crippen LogP contribution in [0.25, 0.3) is 0 Å². The normalized spacial score (nSPS) is 9.69. The van der Waals surface area contributed by atoms with Gasteiger partial charge < -0.3 is 9.84 Å². The molecule has 1 rings (SSSR count). The Kier molecular flexibility index (Phi) is 2.90. The third-order valence-corrected chi connectivity index (χ3v) is 1.68. The fourth-order valence-corrected chi connectivity index (χ4v) is 1.10. The van der Waals surface area contributed by atoms with E-state index in [2.05, 4.69) is 0 Å². The number of aliphatic carboxylic acids is 1. The Labute approximate surface area is 77.0 Å². The highest BCUT2D eigenvalue weighted by molar-refractivity contribution is 5.68. The number of carbonyl (C=O) groups is 1. The topological polar surface area (TPSA) is 46.5 Å². The predicted octanol–water partition coefficient (Wildman–Crippen LogP) is 1.77. The van der Waals surface area contributed by atoms with Crippen molar-refractivity contribution in [2.24, 2.45) is 0 Å². The van der Waals surface area contributed by atoms with Crippen molar-refractivity contribution in [1.82, 2.24) is 0 Å². The standard InChI is InChI=1S/C10H12O3/c1-7-3-4-9(8(2)5-7)13-6-10(11)12/h3-5H,6H2,1-2H3,(H,11,12). The molecule has 0 saturated carbocycles. The molecule has 70 valence electrons. The van der Waals surface area contributed by atoms with Crippen LogP contribution in [-0.2, 0) is 4.79 Å². The van der Waals surface area contributed by atoms with Crippen molar-refractivity contribution in [2.75, 3.05) is 6.61 Å². The highest BCUT2D eigenvalue weighted by atomic mass is 16.5. The Hall–Kier alpha value is -1.51. The molecule has 0 aliphatic heterocycles. The zero-order chi connectivity index (χ0) is 9.84. The summed E-state index contributed by atoms with van der Waals surface area (Å²) in [5.74, 6) is -0.326. The predicted molar refractivity (Wildman–Crippen MR) is 49.0 cm³/mol. The highest BCUT2D eigenvalue weighted by Gasteiger charge is 2.01. The minimum atomic E-state index is -0.958. The molecule has 1 aromatic carbocycles. The summed E-state index contributed by atoms with van der Waals surface area (Å²) < 4.78 is 5.05. The van der Waals surface area contributed by atoms with Crippen LogP contribution < -0.4 is 4.74 Å². The van der Waals surface area contributed by atoms with Gasteiger partial charge in [-0.25, -0.2) is 4.79 Å². The van der Waals surface area contributed by atoms with Crippen LogP contribution in [-0.4, -0.2) is 17.7 Å². The van der Waals surface area contributed by atoms with Crippen LogP contribution in [0.4, 0.5) is 0 Å². The lowest BCUT2D eigenvalue weighted by Gasteiger charge is -2.06. The van der Waals surface area contributed by atoms with Gasteiger partial charge in [0.15, 0.2) is 6.61 Å². The van der Waals surface area contributed by atoms with Crippen LogP contribution in [0.2, 0.25) is 0 Å². The number of hydrogen-bond donors (Lipinski definition) is 1. The Bertz CT molecular complexity index is 318. The average molecular weight is 180 g/mol. The molecule has 0 aliphatic rings.